The summed E-state index contributed by atoms with van der Waals surface area (Å²) in [5.74, 6) is 0.853. The second-order valence-electron chi connectivity index (χ2n) is 7.34. The number of aromatic nitrogens is 2. The first-order valence-electron chi connectivity index (χ1n) is 9.71. The number of hydrogen-bond acceptors (Lipinski definition) is 5. The van der Waals surface area contributed by atoms with E-state index in [9.17, 15) is 4.79 Å². The molecule has 0 saturated carbocycles. The summed E-state index contributed by atoms with van der Waals surface area (Å²) < 4.78 is 12.5. The molecule has 0 spiro atoms. The smallest absolute Gasteiger partial charge is 0.449 e. The Morgan fingerprint density at radius 3 is 2.72 bits per heavy atom. The van der Waals surface area contributed by atoms with Crippen molar-refractivity contribution < 1.29 is 19.4 Å². The van der Waals surface area contributed by atoms with Crippen LogP contribution in [-0.4, -0.2) is 41.1 Å². The molecule has 0 unspecified atom stereocenters. The fraction of sp³-hybridized carbons (Fsp3) is 0.364. The van der Waals surface area contributed by atoms with Gasteiger partial charge in [-0.15, -0.1) is 0 Å². The van der Waals surface area contributed by atoms with Gasteiger partial charge in [0.15, 0.2) is 5.82 Å². The predicted octanol–water partition coefficient (Wildman–Crippen LogP) is 3.92. The fourth-order valence-electron chi connectivity index (χ4n) is 4.12. The van der Waals surface area contributed by atoms with Crippen molar-refractivity contribution in [1.82, 2.24) is 9.55 Å². The quantitative estimate of drug-likeness (QED) is 0.660. The van der Waals surface area contributed by atoms with Gasteiger partial charge in [0.2, 0.25) is 5.88 Å². The van der Waals surface area contributed by atoms with Gasteiger partial charge in [-0.3, -0.25) is 0 Å². The van der Waals surface area contributed by atoms with Crippen LogP contribution in [0.4, 0.5) is 10.6 Å². The van der Waals surface area contributed by atoms with Gasteiger partial charge in [-0.25, -0.2) is 4.79 Å². The molecule has 7 heteroatoms. The molecule has 1 aliphatic rings. The molecule has 4 rings (SSSR count). The summed E-state index contributed by atoms with van der Waals surface area (Å²) in [5, 5.41) is 10.1. The molecule has 3 heterocycles. The zero-order valence-corrected chi connectivity index (χ0v) is 16.9. The van der Waals surface area contributed by atoms with Crippen molar-refractivity contribution in [3.8, 4) is 5.88 Å². The van der Waals surface area contributed by atoms with Crippen molar-refractivity contribution in [1.29, 1.82) is 0 Å². The molecule has 2 aromatic heterocycles. The maximum Gasteiger partial charge on any atom is 0.512 e. The van der Waals surface area contributed by atoms with Crippen LogP contribution in [0.1, 0.15) is 22.4 Å². The highest BCUT2D eigenvalue weighted by atomic mass is 16.7. The van der Waals surface area contributed by atoms with Gasteiger partial charge in [0.25, 0.3) is 0 Å². The zero-order valence-electron chi connectivity index (χ0n) is 16.9. The summed E-state index contributed by atoms with van der Waals surface area (Å²) >= 11 is 0. The van der Waals surface area contributed by atoms with Gasteiger partial charge in [-0.1, -0.05) is 24.3 Å². The first-order chi connectivity index (χ1) is 14.0. The fourth-order valence-corrected chi connectivity index (χ4v) is 4.12. The summed E-state index contributed by atoms with van der Waals surface area (Å²) in [7, 11) is 1.69. The molecule has 1 aromatic carbocycles. The maximum atomic E-state index is 11.2. The zero-order chi connectivity index (χ0) is 20.5. The predicted molar refractivity (Wildman–Crippen MR) is 111 cm³/mol. The van der Waals surface area contributed by atoms with Gasteiger partial charge in [0.05, 0.1) is 12.1 Å². The Labute approximate surface area is 169 Å². The van der Waals surface area contributed by atoms with E-state index in [2.05, 4.69) is 39.6 Å². The van der Waals surface area contributed by atoms with Crippen LogP contribution in [0.25, 0.3) is 10.9 Å². The topological polar surface area (TPSA) is 76.8 Å². The van der Waals surface area contributed by atoms with Crippen molar-refractivity contribution in [3.63, 3.8) is 0 Å². The number of ether oxygens (including phenoxy) is 2. The van der Waals surface area contributed by atoms with Crippen LogP contribution in [0.2, 0.25) is 0 Å². The Bertz CT molecular complexity index is 1070. The van der Waals surface area contributed by atoms with E-state index in [4.69, 9.17) is 14.6 Å². The monoisotopic (exact) mass is 395 g/mol. The Hall–Kier alpha value is -3.06. The Morgan fingerprint density at radius 2 is 2.00 bits per heavy atom. The van der Waals surface area contributed by atoms with Crippen LogP contribution in [0.15, 0.2) is 30.3 Å². The second kappa shape index (κ2) is 7.75. The van der Waals surface area contributed by atoms with Crippen LogP contribution in [0.3, 0.4) is 0 Å². The molecule has 7 nitrogen and oxygen atoms in total. The summed E-state index contributed by atoms with van der Waals surface area (Å²) in [6.45, 7) is 6.93. The van der Waals surface area contributed by atoms with E-state index >= 15 is 0 Å². The molecule has 0 fully saturated rings. The lowest BCUT2D eigenvalue weighted by molar-refractivity contribution is 0.142. The van der Waals surface area contributed by atoms with E-state index in [0.717, 1.165) is 47.5 Å². The van der Waals surface area contributed by atoms with Crippen LogP contribution in [0, 0.1) is 13.8 Å². The molecule has 1 N–H and O–H groups in total. The number of fused-ring (bicyclic) bond motifs is 2. The van der Waals surface area contributed by atoms with Crippen LogP contribution in [-0.2, 0) is 24.2 Å². The van der Waals surface area contributed by atoms with E-state index in [1.165, 1.54) is 11.1 Å². The Kier molecular flexibility index (Phi) is 5.15. The van der Waals surface area contributed by atoms with Gasteiger partial charge < -0.3 is 24.0 Å². The van der Waals surface area contributed by atoms with E-state index in [1.807, 2.05) is 13.0 Å². The number of nitrogens with zero attached hydrogens (tertiary/aromatic N) is 3. The number of hydrogen-bond donors (Lipinski definition) is 1. The highest BCUT2D eigenvalue weighted by Gasteiger charge is 2.24. The third kappa shape index (κ3) is 3.53. The number of carboxylic acid groups (broad SMARTS) is 1. The highest BCUT2D eigenvalue weighted by molar-refractivity contribution is 5.95. The Morgan fingerprint density at radius 1 is 1.24 bits per heavy atom. The van der Waals surface area contributed by atoms with E-state index in [0.29, 0.717) is 13.2 Å². The summed E-state index contributed by atoms with van der Waals surface area (Å²) in [6, 6.07) is 10.1. The van der Waals surface area contributed by atoms with E-state index in [1.54, 1.807) is 13.2 Å². The molecule has 0 amide bonds. The van der Waals surface area contributed by atoms with Crippen LogP contribution in [0.5, 0.6) is 5.88 Å². The average Bonchev–Trinajstić information content (AvgIpc) is 2.95. The molecule has 152 valence electrons. The lowest BCUT2D eigenvalue weighted by Crippen LogP contribution is -2.31. The van der Waals surface area contributed by atoms with Crippen molar-refractivity contribution >= 4 is 22.9 Å². The van der Waals surface area contributed by atoms with Gasteiger partial charge in [-0.05, 0) is 37.0 Å². The first kappa shape index (κ1) is 19.3. The molecule has 0 atom stereocenters. The number of carbonyl (C=O) groups is 1. The van der Waals surface area contributed by atoms with Gasteiger partial charge in [0.1, 0.15) is 0 Å². The molecule has 29 heavy (non-hydrogen) atoms. The SMILES string of the molecule is COCCn1c(C)c(C)c2cc(OC(=O)O)nc(N3CCc4ccccc4C3)c21. The summed E-state index contributed by atoms with van der Waals surface area (Å²) in [4.78, 5) is 18.0. The number of methoxy groups -OCH3 is 1. The molecule has 1 aliphatic heterocycles. The third-order valence-electron chi connectivity index (χ3n) is 5.71. The van der Waals surface area contributed by atoms with Crippen molar-refractivity contribution in [3.05, 3.63) is 52.7 Å². The van der Waals surface area contributed by atoms with Gasteiger partial charge in [-0.2, -0.15) is 4.98 Å². The number of anilines is 1. The second-order valence-corrected chi connectivity index (χ2v) is 7.34. The molecule has 0 radical (unpaired) electrons. The standard InChI is InChI=1S/C22H25N3O4/c1-14-15(2)25(10-11-28-3)20-18(14)12-19(29-22(26)27)23-21(20)24-9-8-16-6-4-5-7-17(16)13-24/h4-7,12H,8-11,13H2,1-3H3,(H,26,27). The summed E-state index contributed by atoms with van der Waals surface area (Å²) in [6.07, 6.45) is -0.444. The number of rotatable bonds is 5. The molecular formula is C22H25N3O4. The van der Waals surface area contributed by atoms with E-state index in [-0.39, 0.29) is 5.88 Å². The molecule has 3 aromatic rings. The van der Waals surface area contributed by atoms with Crippen molar-refractivity contribution in [2.45, 2.75) is 33.4 Å². The van der Waals surface area contributed by atoms with Gasteiger partial charge >= 0.3 is 6.16 Å². The number of aryl methyl sites for hydroxylation is 1. The lowest BCUT2D eigenvalue weighted by Gasteiger charge is -2.30. The third-order valence-corrected chi connectivity index (χ3v) is 5.71. The first-order valence-corrected chi connectivity index (χ1v) is 9.71. The minimum Gasteiger partial charge on any atom is -0.449 e. The minimum atomic E-state index is -1.36. The Balaban J connectivity index is 1.88. The minimum absolute atomic E-state index is 0.103. The number of benzene rings is 1. The largest absolute Gasteiger partial charge is 0.512 e. The highest BCUT2D eigenvalue weighted by Crippen LogP contribution is 2.36. The summed E-state index contributed by atoms with van der Waals surface area (Å²) in [5.41, 5.74) is 5.81. The number of pyridine rings is 1. The molecule has 0 saturated heterocycles. The van der Waals surface area contributed by atoms with Crippen molar-refractivity contribution in [2.24, 2.45) is 0 Å². The lowest BCUT2D eigenvalue weighted by atomic mass is 10.00. The molecule has 0 aliphatic carbocycles. The molecule has 0 bridgehead atoms. The normalized spacial score (nSPS) is 13.6. The maximum absolute atomic E-state index is 11.2. The van der Waals surface area contributed by atoms with Crippen LogP contribution >= 0.6 is 0 Å². The van der Waals surface area contributed by atoms with Crippen LogP contribution < -0.4 is 9.64 Å². The van der Waals surface area contributed by atoms with E-state index < -0.39 is 6.16 Å². The molecular weight excluding hydrogens is 370 g/mol. The average molecular weight is 395 g/mol. The van der Waals surface area contributed by atoms with Gasteiger partial charge in [0, 0.05) is 43.9 Å². The van der Waals surface area contributed by atoms with Crippen molar-refractivity contribution in [2.75, 3.05) is 25.2 Å².